The van der Waals surface area contributed by atoms with Crippen LogP contribution < -0.4 is 5.32 Å². The van der Waals surface area contributed by atoms with Crippen LogP contribution in [0.25, 0.3) is 0 Å². The topological polar surface area (TPSA) is 49.3 Å². The lowest BCUT2D eigenvalue weighted by molar-refractivity contribution is 0.0952. The summed E-state index contributed by atoms with van der Waals surface area (Å²) in [4.78, 5) is 12.5. The largest absolute Gasteiger partial charge is 0.392 e. The molecule has 0 saturated heterocycles. The first-order valence-electron chi connectivity index (χ1n) is 6.20. The second-order valence-electron chi connectivity index (χ2n) is 4.26. The normalized spacial score (nSPS) is 11.0. The Morgan fingerprint density at radius 3 is 2.82 bits per heavy atom. The van der Waals surface area contributed by atoms with Crippen molar-refractivity contribution < 1.29 is 23.1 Å². The smallest absolute Gasteiger partial charge is 0.288 e. The van der Waals surface area contributed by atoms with Gasteiger partial charge in [0, 0.05) is 17.0 Å². The van der Waals surface area contributed by atoms with E-state index in [1.54, 1.807) is 5.38 Å². The number of hydrogen-bond acceptors (Lipinski definition) is 4. The Labute approximate surface area is 133 Å². The van der Waals surface area contributed by atoms with Gasteiger partial charge in [0.25, 0.3) is 11.7 Å². The molecule has 0 spiro atoms. The van der Waals surface area contributed by atoms with Gasteiger partial charge in [-0.05, 0) is 29.1 Å². The molecular formula is C14H12F3NO2S2. The number of aliphatic hydroxyl groups is 1. The van der Waals surface area contributed by atoms with Gasteiger partial charge in [0.1, 0.15) is 10.7 Å². The molecule has 8 heteroatoms. The van der Waals surface area contributed by atoms with Gasteiger partial charge in [-0.25, -0.2) is 4.39 Å². The molecule has 0 bridgehead atoms. The predicted molar refractivity (Wildman–Crippen MR) is 79.7 cm³/mol. The number of amides is 1. The molecule has 2 rings (SSSR count). The molecule has 3 nitrogen and oxygen atoms in total. The van der Waals surface area contributed by atoms with Crippen molar-refractivity contribution in [3.8, 4) is 0 Å². The number of aliphatic hydroxyl groups excluding tert-OH is 1. The van der Waals surface area contributed by atoms with Crippen LogP contribution in [0.3, 0.4) is 0 Å². The van der Waals surface area contributed by atoms with E-state index in [0.717, 1.165) is 11.3 Å². The Balaban J connectivity index is 2.02. The van der Waals surface area contributed by atoms with E-state index in [1.165, 1.54) is 24.3 Å². The number of thiophene rings is 1. The molecule has 0 radical (unpaired) electrons. The minimum absolute atomic E-state index is 0.114. The Kier molecular flexibility index (Phi) is 5.87. The summed E-state index contributed by atoms with van der Waals surface area (Å²) < 4.78 is 38.0. The van der Waals surface area contributed by atoms with Crippen LogP contribution in [0.15, 0.2) is 34.5 Å². The van der Waals surface area contributed by atoms with E-state index in [1.807, 2.05) is 0 Å². The maximum absolute atomic E-state index is 13.2. The zero-order chi connectivity index (χ0) is 16.1. The third-order valence-electron chi connectivity index (χ3n) is 2.78. The molecule has 0 aliphatic heterocycles. The molecule has 2 aromatic rings. The summed E-state index contributed by atoms with van der Waals surface area (Å²) in [6.07, 6.45) is 0. The molecule has 1 aromatic carbocycles. The number of nitrogens with one attached hydrogen (secondary N) is 1. The molecule has 2 N–H and O–H groups in total. The van der Waals surface area contributed by atoms with E-state index < -0.39 is 24.1 Å². The van der Waals surface area contributed by atoms with Crippen LogP contribution in [0.1, 0.15) is 20.8 Å². The van der Waals surface area contributed by atoms with Crippen molar-refractivity contribution in [2.75, 3.05) is 0 Å². The van der Waals surface area contributed by atoms with Crippen LogP contribution in [0, 0.1) is 5.82 Å². The third-order valence-corrected chi connectivity index (χ3v) is 4.60. The first-order chi connectivity index (χ1) is 10.5. The van der Waals surface area contributed by atoms with Gasteiger partial charge < -0.3 is 10.4 Å². The highest BCUT2D eigenvalue weighted by molar-refractivity contribution is 7.99. The molecule has 118 valence electrons. The van der Waals surface area contributed by atoms with Crippen LogP contribution in [0.4, 0.5) is 13.2 Å². The molecule has 22 heavy (non-hydrogen) atoms. The van der Waals surface area contributed by atoms with Crippen molar-refractivity contribution in [2.45, 2.75) is 23.8 Å². The second kappa shape index (κ2) is 7.66. The van der Waals surface area contributed by atoms with E-state index in [-0.39, 0.29) is 21.9 Å². The van der Waals surface area contributed by atoms with Crippen molar-refractivity contribution >= 4 is 29.0 Å². The number of thioether (sulfide) groups is 1. The first-order valence-corrected chi connectivity index (χ1v) is 7.96. The standard InChI is InChI=1S/C14H12F3NO2S2/c15-10-2-1-8(5-9(10)7-19)6-18-13(20)12-11(3-4-21-12)22-14(16)17/h1-5,14,19H,6-7H2,(H,18,20). The number of halogens is 3. The molecular weight excluding hydrogens is 335 g/mol. The summed E-state index contributed by atoms with van der Waals surface area (Å²) in [7, 11) is 0. The average molecular weight is 347 g/mol. The predicted octanol–water partition coefficient (Wildman–Crippen LogP) is 3.62. The van der Waals surface area contributed by atoms with Gasteiger partial charge in [-0.1, -0.05) is 17.8 Å². The van der Waals surface area contributed by atoms with E-state index in [9.17, 15) is 18.0 Å². The maximum Gasteiger partial charge on any atom is 0.288 e. The molecule has 0 aliphatic carbocycles. The van der Waals surface area contributed by atoms with Crippen molar-refractivity contribution in [3.05, 3.63) is 51.5 Å². The number of hydrogen-bond donors (Lipinski definition) is 2. The van der Waals surface area contributed by atoms with E-state index in [2.05, 4.69) is 5.32 Å². The molecule has 0 fully saturated rings. The van der Waals surface area contributed by atoms with Crippen molar-refractivity contribution in [2.24, 2.45) is 0 Å². The lowest BCUT2D eigenvalue weighted by Gasteiger charge is -2.07. The molecule has 0 aliphatic rings. The number of rotatable bonds is 6. The van der Waals surface area contributed by atoms with Crippen LogP contribution in [-0.2, 0) is 13.2 Å². The molecule has 0 saturated carbocycles. The minimum atomic E-state index is -2.59. The Bertz CT molecular complexity index is 661. The second-order valence-corrected chi connectivity index (χ2v) is 6.21. The molecule has 1 aromatic heterocycles. The lowest BCUT2D eigenvalue weighted by Crippen LogP contribution is -2.22. The zero-order valence-corrected chi connectivity index (χ0v) is 12.8. The van der Waals surface area contributed by atoms with E-state index >= 15 is 0 Å². The van der Waals surface area contributed by atoms with E-state index in [0.29, 0.717) is 17.3 Å². The number of alkyl halides is 2. The van der Waals surface area contributed by atoms with Crippen molar-refractivity contribution in [1.82, 2.24) is 5.32 Å². The first kappa shape index (κ1) is 16.9. The van der Waals surface area contributed by atoms with Gasteiger partial charge in [-0.3, -0.25) is 4.79 Å². The fraction of sp³-hybridized carbons (Fsp3) is 0.214. The highest BCUT2D eigenvalue weighted by Crippen LogP contribution is 2.31. The lowest BCUT2D eigenvalue weighted by atomic mass is 10.1. The minimum Gasteiger partial charge on any atom is -0.392 e. The quantitative estimate of drug-likeness (QED) is 0.785. The zero-order valence-electron chi connectivity index (χ0n) is 11.2. The summed E-state index contributed by atoms with van der Waals surface area (Å²) in [5, 5.41) is 13.2. The number of carbonyl (C=O) groups is 1. The van der Waals surface area contributed by atoms with Crippen LogP contribution in [0.5, 0.6) is 0 Å². The summed E-state index contributed by atoms with van der Waals surface area (Å²) in [5.74, 6) is -3.58. The van der Waals surface area contributed by atoms with Gasteiger partial charge in [0.05, 0.1) is 6.61 Å². The highest BCUT2D eigenvalue weighted by Gasteiger charge is 2.17. The fourth-order valence-electron chi connectivity index (χ4n) is 1.77. The van der Waals surface area contributed by atoms with Gasteiger partial charge in [-0.2, -0.15) is 8.78 Å². The molecule has 1 heterocycles. The van der Waals surface area contributed by atoms with Crippen molar-refractivity contribution in [3.63, 3.8) is 0 Å². The average Bonchev–Trinajstić information content (AvgIpc) is 2.93. The Hall–Kier alpha value is -1.51. The van der Waals surface area contributed by atoms with Gasteiger partial charge in [-0.15, -0.1) is 11.3 Å². The highest BCUT2D eigenvalue weighted by atomic mass is 32.2. The summed E-state index contributed by atoms with van der Waals surface area (Å²) in [6, 6.07) is 5.60. The summed E-state index contributed by atoms with van der Waals surface area (Å²) >= 11 is 1.40. The maximum atomic E-state index is 13.2. The Morgan fingerprint density at radius 1 is 1.36 bits per heavy atom. The Morgan fingerprint density at radius 2 is 2.14 bits per heavy atom. The van der Waals surface area contributed by atoms with Crippen LogP contribution in [0.2, 0.25) is 0 Å². The number of carbonyl (C=O) groups excluding carboxylic acids is 1. The monoisotopic (exact) mass is 347 g/mol. The SMILES string of the molecule is O=C(NCc1ccc(F)c(CO)c1)c1sccc1SC(F)F. The van der Waals surface area contributed by atoms with Crippen molar-refractivity contribution in [1.29, 1.82) is 0 Å². The van der Waals surface area contributed by atoms with Gasteiger partial charge >= 0.3 is 0 Å². The summed E-state index contributed by atoms with van der Waals surface area (Å²) in [6.45, 7) is -0.323. The van der Waals surface area contributed by atoms with Crippen LogP contribution in [-0.4, -0.2) is 16.8 Å². The molecule has 1 amide bonds. The molecule has 0 atom stereocenters. The summed E-state index contributed by atoms with van der Waals surface area (Å²) in [5.41, 5.74) is 0.746. The fourth-order valence-corrected chi connectivity index (χ4v) is 3.39. The van der Waals surface area contributed by atoms with Crippen LogP contribution >= 0.6 is 23.1 Å². The van der Waals surface area contributed by atoms with Gasteiger partial charge in [0.2, 0.25) is 0 Å². The number of benzene rings is 1. The van der Waals surface area contributed by atoms with E-state index in [4.69, 9.17) is 5.11 Å². The van der Waals surface area contributed by atoms with Gasteiger partial charge in [0.15, 0.2) is 0 Å². The molecule has 0 unspecified atom stereocenters. The third kappa shape index (κ3) is 4.25.